The lowest BCUT2D eigenvalue weighted by Crippen LogP contribution is -2.20. The number of rotatable bonds is 4. The Hall–Kier alpha value is -3.42. The van der Waals surface area contributed by atoms with E-state index < -0.39 is 52.0 Å². The highest BCUT2D eigenvalue weighted by Crippen LogP contribution is 2.19. The van der Waals surface area contributed by atoms with E-state index in [9.17, 15) is 28.0 Å². The fourth-order valence-corrected chi connectivity index (χ4v) is 2.13. The summed E-state index contributed by atoms with van der Waals surface area (Å²) in [4.78, 5) is 46.6. The number of Topliss-reactive ketones (excluding diaryl/α,β-unsaturated/α-hetero) is 1. The number of carboxylic acids is 1. The topological polar surface area (TPSA) is 97.7 Å². The number of benzene rings is 2. The van der Waals surface area contributed by atoms with E-state index in [2.05, 4.69) is 4.74 Å². The van der Waals surface area contributed by atoms with Crippen LogP contribution in [0.4, 0.5) is 8.78 Å². The monoisotopic (exact) mass is 348 g/mol. The third kappa shape index (κ3) is 3.57. The highest BCUT2D eigenvalue weighted by Gasteiger charge is 2.27. The third-order valence-corrected chi connectivity index (χ3v) is 3.23. The first-order chi connectivity index (χ1) is 11.7. The van der Waals surface area contributed by atoms with Gasteiger partial charge in [0.05, 0.1) is 5.56 Å². The minimum Gasteiger partial charge on any atom is -0.478 e. The molecule has 25 heavy (non-hydrogen) atoms. The molecular formula is C17H10F2O6. The van der Waals surface area contributed by atoms with Gasteiger partial charge in [0.15, 0.2) is 5.78 Å². The first-order valence-electron chi connectivity index (χ1n) is 6.81. The van der Waals surface area contributed by atoms with Crippen LogP contribution in [0.2, 0.25) is 0 Å². The van der Waals surface area contributed by atoms with Crippen LogP contribution in [0.1, 0.15) is 48.4 Å². The number of carbonyl (C=O) groups is 4. The number of hydrogen-bond donors (Lipinski definition) is 1. The summed E-state index contributed by atoms with van der Waals surface area (Å²) < 4.78 is 31.9. The van der Waals surface area contributed by atoms with Crippen molar-refractivity contribution in [1.82, 2.24) is 0 Å². The summed E-state index contributed by atoms with van der Waals surface area (Å²) in [6.07, 6.45) is 0. The van der Waals surface area contributed by atoms with E-state index in [1.165, 1.54) is 6.07 Å². The van der Waals surface area contributed by atoms with Crippen LogP contribution in [0.5, 0.6) is 0 Å². The Bertz CT molecular complexity index is 904. The number of hydrogen-bond acceptors (Lipinski definition) is 5. The van der Waals surface area contributed by atoms with E-state index in [1.54, 1.807) is 0 Å². The van der Waals surface area contributed by atoms with Gasteiger partial charge in [-0.15, -0.1) is 0 Å². The number of carbonyl (C=O) groups excluding carboxylic acids is 3. The molecule has 0 aliphatic rings. The van der Waals surface area contributed by atoms with Crippen molar-refractivity contribution in [2.24, 2.45) is 0 Å². The van der Waals surface area contributed by atoms with Crippen LogP contribution in [0, 0.1) is 11.6 Å². The molecule has 0 unspecified atom stereocenters. The lowest BCUT2D eigenvalue weighted by molar-refractivity contribution is 0.0386. The summed E-state index contributed by atoms with van der Waals surface area (Å²) >= 11 is 0. The number of ketones is 1. The van der Waals surface area contributed by atoms with Crippen LogP contribution in [0.15, 0.2) is 36.4 Å². The molecule has 0 amide bonds. The molecule has 0 heterocycles. The van der Waals surface area contributed by atoms with Gasteiger partial charge in [0.2, 0.25) is 0 Å². The Morgan fingerprint density at radius 2 is 1.36 bits per heavy atom. The van der Waals surface area contributed by atoms with Gasteiger partial charge in [0.1, 0.15) is 22.8 Å². The van der Waals surface area contributed by atoms with Crippen molar-refractivity contribution >= 4 is 23.7 Å². The second-order valence-electron chi connectivity index (χ2n) is 4.86. The van der Waals surface area contributed by atoms with Crippen LogP contribution in [-0.4, -0.2) is 28.8 Å². The van der Waals surface area contributed by atoms with Gasteiger partial charge in [-0.2, -0.15) is 0 Å². The Morgan fingerprint density at radius 3 is 1.88 bits per heavy atom. The van der Waals surface area contributed by atoms with Crippen molar-refractivity contribution < 1.29 is 37.8 Å². The molecule has 0 aliphatic heterocycles. The molecule has 8 heteroatoms. The summed E-state index contributed by atoms with van der Waals surface area (Å²) in [5.74, 6) is -7.66. The Kier molecular flexibility index (Phi) is 5.02. The Balaban J connectivity index is 2.41. The molecule has 0 aliphatic carbocycles. The van der Waals surface area contributed by atoms with Crippen molar-refractivity contribution in [1.29, 1.82) is 0 Å². The first-order valence-corrected chi connectivity index (χ1v) is 6.81. The molecular weight excluding hydrogens is 338 g/mol. The minimum absolute atomic E-state index is 0.310. The lowest BCUT2D eigenvalue weighted by atomic mass is 10.0. The molecule has 0 atom stereocenters. The molecule has 1 N–H and O–H groups in total. The maximum Gasteiger partial charge on any atom is 0.349 e. The van der Waals surface area contributed by atoms with Crippen LogP contribution in [0.25, 0.3) is 0 Å². The molecule has 0 saturated heterocycles. The summed E-state index contributed by atoms with van der Waals surface area (Å²) in [5.41, 5.74) is -2.78. The second kappa shape index (κ2) is 7.00. The van der Waals surface area contributed by atoms with Crippen LogP contribution >= 0.6 is 0 Å². The number of carboxylic acid groups (broad SMARTS) is 1. The summed E-state index contributed by atoms with van der Waals surface area (Å²) in [7, 11) is 0. The van der Waals surface area contributed by atoms with Crippen molar-refractivity contribution in [2.75, 3.05) is 0 Å². The quantitative estimate of drug-likeness (QED) is 0.518. The van der Waals surface area contributed by atoms with Crippen LogP contribution in [-0.2, 0) is 4.74 Å². The largest absolute Gasteiger partial charge is 0.478 e. The molecule has 2 aromatic rings. The molecule has 0 aromatic heterocycles. The average molecular weight is 348 g/mol. The molecule has 0 bridgehead atoms. The zero-order valence-electron chi connectivity index (χ0n) is 12.7. The van der Waals surface area contributed by atoms with E-state index in [-0.39, 0.29) is 5.56 Å². The van der Waals surface area contributed by atoms with Gasteiger partial charge in [0.25, 0.3) is 0 Å². The number of esters is 2. The number of halogens is 2. The van der Waals surface area contributed by atoms with E-state index >= 15 is 0 Å². The molecule has 0 spiro atoms. The first kappa shape index (κ1) is 17.9. The normalized spacial score (nSPS) is 10.2. The van der Waals surface area contributed by atoms with Gasteiger partial charge < -0.3 is 9.84 Å². The standard InChI is InChI=1S/C17H10F2O6/c1-8(20)9-4-2-7-12(19)14(9)17(24)25-16(23)10-5-3-6-11(18)13(10)15(21)22/h2-7H,1H3,(H,21,22). The smallest absolute Gasteiger partial charge is 0.349 e. The lowest BCUT2D eigenvalue weighted by Gasteiger charge is -2.09. The molecule has 0 fully saturated rings. The molecule has 2 rings (SSSR count). The molecule has 2 aromatic carbocycles. The van der Waals surface area contributed by atoms with E-state index in [4.69, 9.17) is 5.11 Å². The SMILES string of the molecule is CC(=O)c1cccc(F)c1C(=O)OC(=O)c1cccc(F)c1C(=O)O. The zero-order chi connectivity index (χ0) is 18.7. The molecule has 6 nitrogen and oxygen atoms in total. The number of ether oxygens (including phenoxy) is 1. The predicted molar refractivity (Wildman–Crippen MR) is 79.5 cm³/mol. The summed E-state index contributed by atoms with van der Waals surface area (Å²) in [5, 5.41) is 8.97. The maximum atomic E-state index is 13.9. The van der Waals surface area contributed by atoms with Crippen LogP contribution in [0.3, 0.4) is 0 Å². The third-order valence-electron chi connectivity index (χ3n) is 3.23. The second-order valence-corrected chi connectivity index (χ2v) is 4.86. The fraction of sp³-hybridized carbons (Fsp3) is 0.0588. The van der Waals surface area contributed by atoms with Crippen molar-refractivity contribution in [3.05, 3.63) is 70.3 Å². The Labute approximate surface area is 139 Å². The molecule has 128 valence electrons. The van der Waals surface area contributed by atoms with Crippen molar-refractivity contribution in [3.63, 3.8) is 0 Å². The fourth-order valence-electron chi connectivity index (χ4n) is 2.13. The maximum absolute atomic E-state index is 13.9. The zero-order valence-corrected chi connectivity index (χ0v) is 12.7. The van der Waals surface area contributed by atoms with E-state index in [0.717, 1.165) is 37.3 Å². The van der Waals surface area contributed by atoms with Gasteiger partial charge in [-0.25, -0.2) is 23.2 Å². The predicted octanol–water partition coefficient (Wildman–Crippen LogP) is 2.86. The Morgan fingerprint density at radius 1 is 0.840 bits per heavy atom. The van der Waals surface area contributed by atoms with Crippen molar-refractivity contribution in [2.45, 2.75) is 6.92 Å². The molecule has 0 saturated carbocycles. The van der Waals surface area contributed by atoms with E-state index in [1.807, 2.05) is 0 Å². The highest BCUT2D eigenvalue weighted by atomic mass is 19.1. The molecule has 0 radical (unpaired) electrons. The van der Waals surface area contributed by atoms with Crippen molar-refractivity contribution in [3.8, 4) is 0 Å². The summed E-state index contributed by atoms with van der Waals surface area (Å²) in [6.45, 7) is 1.09. The van der Waals surface area contributed by atoms with Gasteiger partial charge in [-0.3, -0.25) is 4.79 Å². The van der Waals surface area contributed by atoms with Gasteiger partial charge in [-0.1, -0.05) is 18.2 Å². The average Bonchev–Trinajstić information content (AvgIpc) is 2.53. The van der Waals surface area contributed by atoms with Gasteiger partial charge >= 0.3 is 17.9 Å². The van der Waals surface area contributed by atoms with Gasteiger partial charge in [0, 0.05) is 5.56 Å². The van der Waals surface area contributed by atoms with Crippen LogP contribution < -0.4 is 0 Å². The number of aromatic carboxylic acids is 1. The van der Waals surface area contributed by atoms with E-state index in [0.29, 0.717) is 0 Å². The summed E-state index contributed by atoms with van der Waals surface area (Å²) in [6, 6.07) is 6.05. The highest BCUT2D eigenvalue weighted by molar-refractivity contribution is 6.11. The minimum atomic E-state index is -1.74. The van der Waals surface area contributed by atoms with Gasteiger partial charge in [-0.05, 0) is 25.1 Å².